The van der Waals surface area contributed by atoms with Gasteiger partial charge < -0.3 is 5.73 Å². The maximum Gasteiger partial charge on any atom is 0.0372 e. The third-order valence-corrected chi connectivity index (χ3v) is 0.806. The van der Waals surface area contributed by atoms with Crippen LogP contribution in [0.5, 0.6) is 0 Å². The summed E-state index contributed by atoms with van der Waals surface area (Å²) in [5.41, 5.74) is 5.97. The molecule has 0 radical (unpaired) electrons. The van der Waals surface area contributed by atoms with Gasteiger partial charge in [0.1, 0.15) is 0 Å². The first kappa shape index (κ1) is 6.63. The minimum atomic E-state index is 0.686. The Morgan fingerprint density at radius 3 is 2.43 bits per heavy atom. The average molecular weight is 115 g/mol. The fourth-order valence-electron chi connectivity index (χ4n) is 0.235. The summed E-state index contributed by atoms with van der Waals surface area (Å²) in [5, 5.41) is 1.56. The summed E-state index contributed by atoms with van der Waals surface area (Å²) < 4.78 is 0. The van der Waals surface area contributed by atoms with Crippen LogP contribution in [0.1, 0.15) is 6.92 Å². The molecule has 0 saturated carbocycles. The molecule has 0 aliphatic rings. The second-order valence-corrected chi connectivity index (χ2v) is 1.39. The molecular formula is C5H9NS. The van der Waals surface area contributed by atoms with Crippen molar-refractivity contribution >= 4 is 12.6 Å². The Balaban J connectivity index is 3.58. The maximum absolute atomic E-state index is 5.28. The van der Waals surface area contributed by atoms with Crippen LogP contribution in [0.3, 0.4) is 0 Å². The van der Waals surface area contributed by atoms with E-state index < -0.39 is 0 Å². The molecule has 0 unspecified atom stereocenters. The van der Waals surface area contributed by atoms with E-state index in [2.05, 4.69) is 12.6 Å². The van der Waals surface area contributed by atoms with Gasteiger partial charge in [-0.3, -0.25) is 0 Å². The topological polar surface area (TPSA) is 26.0 Å². The molecule has 0 heterocycles. The van der Waals surface area contributed by atoms with Gasteiger partial charge in [0.2, 0.25) is 0 Å². The van der Waals surface area contributed by atoms with E-state index in [1.807, 2.05) is 13.0 Å². The molecule has 0 aliphatic heterocycles. The standard InChI is InChI=1S/C5H9NS/c1-2-3-5(6)4-7/h2-4,7H,6H2,1H3/b3-2-,5-4+. The van der Waals surface area contributed by atoms with Gasteiger partial charge in [-0.05, 0) is 18.4 Å². The number of thiol groups is 1. The second-order valence-electron chi connectivity index (χ2n) is 1.13. The summed E-state index contributed by atoms with van der Waals surface area (Å²) >= 11 is 3.81. The van der Waals surface area contributed by atoms with Gasteiger partial charge >= 0.3 is 0 Å². The quantitative estimate of drug-likeness (QED) is 0.391. The summed E-state index contributed by atoms with van der Waals surface area (Å²) in [6.07, 6.45) is 3.65. The van der Waals surface area contributed by atoms with E-state index in [4.69, 9.17) is 5.73 Å². The third-order valence-electron chi connectivity index (χ3n) is 0.508. The van der Waals surface area contributed by atoms with Gasteiger partial charge in [-0.25, -0.2) is 0 Å². The molecule has 0 spiro atoms. The monoisotopic (exact) mass is 115 g/mol. The van der Waals surface area contributed by atoms with Crippen molar-refractivity contribution in [3.8, 4) is 0 Å². The zero-order chi connectivity index (χ0) is 5.70. The Hall–Kier alpha value is -0.370. The van der Waals surface area contributed by atoms with Crippen LogP contribution in [0.15, 0.2) is 23.3 Å². The predicted octanol–water partition coefficient (Wildman–Crippen LogP) is 1.29. The highest BCUT2D eigenvalue weighted by atomic mass is 32.1. The Morgan fingerprint density at radius 2 is 2.29 bits per heavy atom. The molecule has 0 aromatic rings. The zero-order valence-corrected chi connectivity index (χ0v) is 5.15. The number of hydrogen-bond donors (Lipinski definition) is 2. The smallest absolute Gasteiger partial charge is 0.0372 e. The Labute approximate surface area is 49.3 Å². The van der Waals surface area contributed by atoms with Gasteiger partial charge in [0, 0.05) is 5.70 Å². The molecule has 0 aromatic carbocycles. The fraction of sp³-hybridized carbons (Fsp3) is 0.200. The molecule has 7 heavy (non-hydrogen) atoms. The lowest BCUT2D eigenvalue weighted by Gasteiger charge is -1.82. The minimum absolute atomic E-state index is 0.686. The van der Waals surface area contributed by atoms with Crippen molar-refractivity contribution in [1.82, 2.24) is 0 Å². The van der Waals surface area contributed by atoms with E-state index in [9.17, 15) is 0 Å². The van der Waals surface area contributed by atoms with Crippen molar-refractivity contribution in [2.24, 2.45) is 5.73 Å². The van der Waals surface area contributed by atoms with Crippen LogP contribution < -0.4 is 5.73 Å². The molecule has 0 aromatic heterocycles. The zero-order valence-electron chi connectivity index (χ0n) is 4.26. The SMILES string of the molecule is C/C=C\C(N)=C/S. The van der Waals surface area contributed by atoms with Gasteiger partial charge in [-0.2, -0.15) is 0 Å². The van der Waals surface area contributed by atoms with Crippen LogP contribution in [-0.4, -0.2) is 0 Å². The minimum Gasteiger partial charge on any atom is -0.398 e. The molecule has 1 nitrogen and oxygen atoms in total. The van der Waals surface area contributed by atoms with Crippen molar-refractivity contribution in [1.29, 1.82) is 0 Å². The van der Waals surface area contributed by atoms with Gasteiger partial charge in [0.05, 0.1) is 0 Å². The van der Waals surface area contributed by atoms with Crippen molar-refractivity contribution in [3.63, 3.8) is 0 Å². The third kappa shape index (κ3) is 3.46. The molecule has 0 fully saturated rings. The van der Waals surface area contributed by atoms with E-state index in [1.165, 1.54) is 0 Å². The summed E-state index contributed by atoms with van der Waals surface area (Å²) in [7, 11) is 0. The number of allylic oxidation sites excluding steroid dienone is 2. The maximum atomic E-state index is 5.28. The largest absolute Gasteiger partial charge is 0.398 e. The van der Waals surface area contributed by atoms with Gasteiger partial charge in [0.25, 0.3) is 0 Å². The van der Waals surface area contributed by atoms with Crippen molar-refractivity contribution < 1.29 is 0 Å². The molecule has 40 valence electrons. The summed E-state index contributed by atoms with van der Waals surface area (Å²) in [6, 6.07) is 0. The van der Waals surface area contributed by atoms with E-state index in [-0.39, 0.29) is 0 Å². The summed E-state index contributed by atoms with van der Waals surface area (Å²) in [5.74, 6) is 0. The Bertz CT molecular complexity index is 94.3. The normalized spacial score (nSPS) is 13.1. The van der Waals surface area contributed by atoms with E-state index in [0.717, 1.165) is 0 Å². The number of hydrogen-bond acceptors (Lipinski definition) is 2. The van der Waals surface area contributed by atoms with Crippen LogP contribution in [0.2, 0.25) is 0 Å². The first-order chi connectivity index (χ1) is 3.31. The lowest BCUT2D eigenvalue weighted by Crippen LogP contribution is -1.88. The van der Waals surface area contributed by atoms with E-state index >= 15 is 0 Å². The Morgan fingerprint density at radius 1 is 1.71 bits per heavy atom. The molecule has 0 atom stereocenters. The number of nitrogens with two attached hydrogens (primary N) is 1. The highest BCUT2D eigenvalue weighted by Gasteiger charge is 1.70. The molecule has 2 N–H and O–H groups in total. The Kier molecular flexibility index (Phi) is 3.61. The predicted molar refractivity (Wildman–Crippen MR) is 36.1 cm³/mol. The molecule has 0 amide bonds. The van der Waals surface area contributed by atoms with Crippen LogP contribution >= 0.6 is 12.6 Å². The lowest BCUT2D eigenvalue weighted by molar-refractivity contribution is 1.44. The van der Waals surface area contributed by atoms with Gasteiger partial charge in [-0.15, -0.1) is 12.6 Å². The summed E-state index contributed by atoms with van der Waals surface area (Å²) in [6.45, 7) is 1.91. The van der Waals surface area contributed by atoms with E-state index in [1.54, 1.807) is 11.5 Å². The van der Waals surface area contributed by atoms with Crippen LogP contribution in [0.25, 0.3) is 0 Å². The van der Waals surface area contributed by atoms with Gasteiger partial charge in [-0.1, -0.05) is 6.08 Å². The highest BCUT2D eigenvalue weighted by Crippen LogP contribution is 1.86. The van der Waals surface area contributed by atoms with Gasteiger partial charge in [0.15, 0.2) is 0 Å². The van der Waals surface area contributed by atoms with Crippen LogP contribution in [0.4, 0.5) is 0 Å². The molecule has 2 heteroatoms. The first-order valence-corrected chi connectivity index (χ1v) is 2.55. The molecule has 0 bridgehead atoms. The molecule has 0 rings (SSSR count). The lowest BCUT2D eigenvalue weighted by atomic mass is 10.4. The highest BCUT2D eigenvalue weighted by molar-refractivity contribution is 7.83. The molecule has 0 saturated heterocycles. The van der Waals surface area contributed by atoms with E-state index in [0.29, 0.717) is 5.70 Å². The van der Waals surface area contributed by atoms with Crippen LogP contribution in [0, 0.1) is 0 Å². The average Bonchev–Trinajstić information content (AvgIpc) is 1.68. The molecular weight excluding hydrogens is 106 g/mol. The summed E-state index contributed by atoms with van der Waals surface area (Å²) in [4.78, 5) is 0. The van der Waals surface area contributed by atoms with Crippen molar-refractivity contribution in [2.45, 2.75) is 6.92 Å². The van der Waals surface area contributed by atoms with Crippen LogP contribution in [-0.2, 0) is 0 Å². The van der Waals surface area contributed by atoms with Crippen molar-refractivity contribution in [2.75, 3.05) is 0 Å². The second kappa shape index (κ2) is 3.81. The fourth-order valence-corrected chi connectivity index (χ4v) is 0.322. The first-order valence-electron chi connectivity index (χ1n) is 2.03. The van der Waals surface area contributed by atoms with Crippen molar-refractivity contribution in [3.05, 3.63) is 23.3 Å². The number of rotatable bonds is 1. The molecule has 0 aliphatic carbocycles.